The molecule has 0 bridgehead atoms. The summed E-state index contributed by atoms with van der Waals surface area (Å²) in [6, 6.07) is 20.5. The lowest BCUT2D eigenvalue weighted by atomic mass is 10.1. The second-order valence-corrected chi connectivity index (χ2v) is 11.0. The summed E-state index contributed by atoms with van der Waals surface area (Å²) in [5, 5.41) is 16.4. The summed E-state index contributed by atoms with van der Waals surface area (Å²) >= 11 is 1.65. The van der Waals surface area contributed by atoms with Crippen molar-refractivity contribution in [3.05, 3.63) is 112 Å². The quantitative estimate of drug-likeness (QED) is 0.102. The van der Waals surface area contributed by atoms with Crippen LogP contribution in [0.15, 0.2) is 101 Å². The van der Waals surface area contributed by atoms with Crippen LogP contribution in [0.1, 0.15) is 20.7 Å². The molecule has 0 radical (unpaired) electrons. The molecule has 204 valence electrons. The Kier molecular flexibility index (Phi) is 9.04. The van der Waals surface area contributed by atoms with Crippen LogP contribution < -0.4 is 15.4 Å². The summed E-state index contributed by atoms with van der Waals surface area (Å²) in [7, 11) is -4.23. The molecule has 2 amide bonds. The number of non-ortho nitro benzene ring substituents is 1. The van der Waals surface area contributed by atoms with E-state index in [0.29, 0.717) is 12.2 Å². The molecule has 0 unspecified atom stereocenters. The van der Waals surface area contributed by atoms with E-state index in [4.69, 9.17) is 0 Å². The second-order valence-electron chi connectivity index (χ2n) is 8.10. The molecule has 3 aromatic carbocycles. The van der Waals surface area contributed by atoms with Crippen LogP contribution in [-0.2, 0) is 10.0 Å². The van der Waals surface area contributed by atoms with Gasteiger partial charge in [0.2, 0.25) is 5.95 Å². The zero-order chi connectivity index (χ0) is 28.5. The van der Waals surface area contributed by atoms with Gasteiger partial charge in [0.15, 0.2) is 0 Å². The van der Waals surface area contributed by atoms with Crippen molar-refractivity contribution < 1.29 is 22.9 Å². The second kappa shape index (κ2) is 12.8. The minimum absolute atomic E-state index is 0.0343. The molecule has 12 nitrogen and oxygen atoms in total. The van der Waals surface area contributed by atoms with Crippen molar-refractivity contribution in [1.29, 1.82) is 0 Å². The average Bonchev–Trinajstić information content (AvgIpc) is 2.96. The maximum atomic E-state index is 12.6. The first-order valence-electron chi connectivity index (χ1n) is 11.7. The normalized spacial score (nSPS) is 10.9. The predicted molar refractivity (Wildman–Crippen MR) is 150 cm³/mol. The number of aromatic nitrogens is 2. The molecule has 0 spiro atoms. The molecular weight excluding hydrogens is 556 g/mol. The molecule has 0 saturated heterocycles. The van der Waals surface area contributed by atoms with Crippen molar-refractivity contribution in [3.63, 3.8) is 0 Å². The Morgan fingerprint density at radius 3 is 2.08 bits per heavy atom. The van der Waals surface area contributed by atoms with Gasteiger partial charge < -0.3 is 10.6 Å². The van der Waals surface area contributed by atoms with Gasteiger partial charge in [-0.25, -0.2) is 23.1 Å². The van der Waals surface area contributed by atoms with Crippen molar-refractivity contribution in [1.82, 2.24) is 14.7 Å². The molecule has 4 aromatic rings. The van der Waals surface area contributed by atoms with Crippen molar-refractivity contribution >= 4 is 50.9 Å². The van der Waals surface area contributed by atoms with Gasteiger partial charge in [-0.3, -0.25) is 19.7 Å². The van der Waals surface area contributed by atoms with Crippen LogP contribution in [0, 0.1) is 10.1 Å². The Morgan fingerprint density at radius 1 is 0.850 bits per heavy atom. The van der Waals surface area contributed by atoms with Crippen LogP contribution >= 0.6 is 11.8 Å². The first-order valence-corrected chi connectivity index (χ1v) is 14.1. The largest absolute Gasteiger partial charge is 0.353 e. The van der Waals surface area contributed by atoms with E-state index in [1.165, 1.54) is 48.5 Å². The molecule has 4 rings (SSSR count). The smallest absolute Gasteiger partial charge is 0.269 e. The standard InChI is InChI=1S/C26H22N6O6S2/c33-24(18-8-12-21(13-9-18)32(35)36)30-20-10-6-19(7-11-20)25(34)31-40(37,38)23-16-28-26(29-17-23)27-14-15-39-22-4-2-1-3-5-22/h1-13,16-17H,14-15H2,(H,30,33)(H,31,34)(H,27,28,29). The van der Waals surface area contributed by atoms with Crippen LogP contribution in [0.3, 0.4) is 0 Å². The lowest BCUT2D eigenvalue weighted by molar-refractivity contribution is -0.384. The lowest BCUT2D eigenvalue weighted by Gasteiger charge is -2.09. The van der Waals surface area contributed by atoms with Crippen molar-refractivity contribution in [2.24, 2.45) is 0 Å². The summed E-state index contributed by atoms with van der Waals surface area (Å²) in [6.07, 6.45) is 2.21. The fourth-order valence-corrected chi connectivity index (χ4v) is 4.93. The summed E-state index contributed by atoms with van der Waals surface area (Å²) in [5.74, 6) is -0.385. The number of nitro benzene ring substituents is 1. The van der Waals surface area contributed by atoms with E-state index in [1.54, 1.807) is 11.8 Å². The molecule has 0 fully saturated rings. The number of nitrogens with zero attached hydrogens (tertiary/aromatic N) is 3. The number of amides is 2. The summed E-state index contributed by atoms with van der Waals surface area (Å²) < 4.78 is 27.3. The van der Waals surface area contributed by atoms with Crippen LogP contribution in [0.5, 0.6) is 0 Å². The zero-order valence-electron chi connectivity index (χ0n) is 20.7. The third-order valence-electron chi connectivity index (χ3n) is 5.31. The number of nitro groups is 1. The fourth-order valence-electron chi connectivity index (χ4n) is 3.28. The van der Waals surface area contributed by atoms with Gasteiger partial charge in [0.25, 0.3) is 27.5 Å². The van der Waals surface area contributed by atoms with Gasteiger partial charge in [-0.2, -0.15) is 0 Å². The topological polar surface area (TPSA) is 173 Å². The van der Waals surface area contributed by atoms with Crippen LogP contribution in [0.2, 0.25) is 0 Å². The highest BCUT2D eigenvalue weighted by molar-refractivity contribution is 7.99. The Bertz CT molecular complexity index is 1600. The highest BCUT2D eigenvalue weighted by Gasteiger charge is 2.20. The molecule has 14 heteroatoms. The number of benzene rings is 3. The van der Waals surface area contributed by atoms with E-state index in [-0.39, 0.29) is 27.7 Å². The summed E-state index contributed by atoms with van der Waals surface area (Å²) in [4.78, 5) is 44.0. The van der Waals surface area contributed by atoms with E-state index in [2.05, 4.69) is 20.6 Å². The maximum Gasteiger partial charge on any atom is 0.269 e. The van der Waals surface area contributed by atoms with Gasteiger partial charge >= 0.3 is 0 Å². The van der Waals surface area contributed by atoms with Gasteiger partial charge in [0.05, 0.1) is 17.3 Å². The minimum atomic E-state index is -4.23. The molecular formula is C26H22N6O6S2. The molecule has 40 heavy (non-hydrogen) atoms. The number of hydrogen-bond donors (Lipinski definition) is 3. The first-order chi connectivity index (χ1) is 19.2. The Balaban J connectivity index is 1.29. The van der Waals surface area contributed by atoms with Gasteiger partial charge in [0.1, 0.15) is 4.90 Å². The molecule has 0 aliphatic carbocycles. The maximum absolute atomic E-state index is 12.6. The Hall–Kier alpha value is -4.82. The van der Waals surface area contributed by atoms with E-state index < -0.39 is 26.8 Å². The zero-order valence-corrected chi connectivity index (χ0v) is 22.3. The lowest BCUT2D eigenvalue weighted by Crippen LogP contribution is -2.30. The number of nitrogens with one attached hydrogen (secondary N) is 3. The Labute approximate surface area is 233 Å². The number of hydrogen-bond acceptors (Lipinski definition) is 10. The highest BCUT2D eigenvalue weighted by Crippen LogP contribution is 2.17. The third kappa shape index (κ3) is 7.61. The van der Waals surface area contributed by atoms with Gasteiger partial charge in [-0.05, 0) is 48.5 Å². The van der Waals surface area contributed by atoms with Crippen molar-refractivity contribution in [3.8, 4) is 0 Å². The van der Waals surface area contributed by atoms with Crippen LogP contribution in [0.4, 0.5) is 17.3 Å². The molecule has 3 N–H and O–H groups in total. The van der Waals surface area contributed by atoms with Gasteiger partial charge in [-0.1, -0.05) is 18.2 Å². The van der Waals surface area contributed by atoms with Crippen molar-refractivity contribution in [2.45, 2.75) is 9.79 Å². The monoisotopic (exact) mass is 578 g/mol. The van der Waals surface area contributed by atoms with E-state index in [9.17, 15) is 28.1 Å². The van der Waals surface area contributed by atoms with E-state index >= 15 is 0 Å². The molecule has 0 aliphatic heterocycles. The third-order valence-corrected chi connectivity index (χ3v) is 7.61. The van der Waals surface area contributed by atoms with Gasteiger partial charge in [0, 0.05) is 46.1 Å². The van der Waals surface area contributed by atoms with E-state index in [1.807, 2.05) is 35.1 Å². The number of thioether (sulfide) groups is 1. The first kappa shape index (κ1) is 28.2. The number of sulfonamides is 1. The predicted octanol–water partition coefficient (Wildman–Crippen LogP) is 3.96. The summed E-state index contributed by atoms with van der Waals surface area (Å²) in [5.41, 5.74) is 0.427. The van der Waals surface area contributed by atoms with E-state index in [0.717, 1.165) is 23.0 Å². The van der Waals surface area contributed by atoms with Gasteiger partial charge in [-0.15, -0.1) is 11.8 Å². The number of carbonyl (C=O) groups is 2. The number of rotatable bonds is 11. The van der Waals surface area contributed by atoms with Crippen molar-refractivity contribution in [2.75, 3.05) is 22.9 Å². The average molecular weight is 579 g/mol. The van der Waals surface area contributed by atoms with Crippen LogP contribution in [0.25, 0.3) is 0 Å². The molecule has 0 saturated carbocycles. The summed E-state index contributed by atoms with van der Waals surface area (Å²) in [6.45, 7) is 0.562. The number of anilines is 2. The molecule has 1 heterocycles. The molecule has 0 aliphatic rings. The fraction of sp³-hybridized carbons (Fsp3) is 0.0769. The highest BCUT2D eigenvalue weighted by atomic mass is 32.2. The number of carbonyl (C=O) groups excluding carboxylic acids is 2. The molecule has 0 atom stereocenters. The molecule has 1 aromatic heterocycles. The minimum Gasteiger partial charge on any atom is -0.353 e. The van der Waals surface area contributed by atoms with Crippen LogP contribution in [-0.4, -0.2) is 47.4 Å². The SMILES string of the molecule is O=C(Nc1ccc(C(=O)NS(=O)(=O)c2cnc(NCCSc3ccccc3)nc2)cc1)c1ccc([N+](=O)[O-])cc1. The Morgan fingerprint density at radius 2 is 1.45 bits per heavy atom.